The Bertz CT molecular complexity index is 1010. The number of ether oxygens (including phenoxy) is 1. The number of aromatic nitrogens is 2. The Balaban J connectivity index is 2.54. The summed E-state index contributed by atoms with van der Waals surface area (Å²) in [5, 5.41) is 9.87. The van der Waals surface area contributed by atoms with Crippen LogP contribution < -0.4 is 10.2 Å². The zero-order valence-electron chi connectivity index (χ0n) is 18.9. The van der Waals surface area contributed by atoms with E-state index in [0.717, 1.165) is 0 Å². The summed E-state index contributed by atoms with van der Waals surface area (Å²) in [6.45, 7) is 15.5. The lowest BCUT2D eigenvalue weighted by atomic mass is 10.0. The van der Waals surface area contributed by atoms with Crippen molar-refractivity contribution >= 4 is 41.3 Å². The number of fused-ring (bicyclic) bond motifs is 1. The van der Waals surface area contributed by atoms with Crippen LogP contribution in [0, 0.1) is 5.92 Å². The van der Waals surface area contributed by atoms with Gasteiger partial charge in [-0.1, -0.05) is 27.7 Å². The molecule has 0 aliphatic heterocycles. The number of halogens is 1. The van der Waals surface area contributed by atoms with Gasteiger partial charge in [-0.2, -0.15) is 4.98 Å². The fourth-order valence-electron chi connectivity index (χ4n) is 2.81. The number of nitrogens with zero attached hydrogens (tertiary/aromatic N) is 2. The Morgan fingerprint density at radius 1 is 1.33 bits per heavy atom. The van der Waals surface area contributed by atoms with Gasteiger partial charge in [-0.3, -0.25) is 4.79 Å². The number of carbonyl (C=O) groups is 1. The predicted molar refractivity (Wildman–Crippen MR) is 124 cm³/mol. The highest BCUT2D eigenvalue weighted by atomic mass is 79.9. The van der Waals surface area contributed by atoms with Crippen LogP contribution in [0.15, 0.2) is 21.5 Å². The van der Waals surface area contributed by atoms with Crippen molar-refractivity contribution in [3.63, 3.8) is 0 Å². The fraction of sp³-hybridized carbons (Fsp3) is 0.571. The van der Waals surface area contributed by atoms with Crippen LogP contribution in [-0.4, -0.2) is 42.7 Å². The van der Waals surface area contributed by atoms with E-state index in [4.69, 9.17) is 9.16 Å². The van der Waals surface area contributed by atoms with Gasteiger partial charge in [0.1, 0.15) is 11.2 Å². The summed E-state index contributed by atoms with van der Waals surface area (Å²) < 4.78 is 13.9. The highest BCUT2D eigenvalue weighted by Crippen LogP contribution is 2.37. The number of carboxylic acids is 1. The van der Waals surface area contributed by atoms with Gasteiger partial charge >= 0.3 is 5.97 Å². The first-order valence-corrected chi connectivity index (χ1v) is 13.6. The molecule has 30 heavy (non-hydrogen) atoms. The van der Waals surface area contributed by atoms with E-state index in [0.29, 0.717) is 22.6 Å². The third-order valence-electron chi connectivity index (χ3n) is 6.13. The van der Waals surface area contributed by atoms with Crippen molar-refractivity contribution in [1.29, 1.82) is 0 Å². The van der Waals surface area contributed by atoms with Crippen molar-refractivity contribution in [3.8, 4) is 5.88 Å². The number of rotatable bonds is 7. The number of carboxylic acid groups (broad SMARTS) is 1. The molecule has 2 aromatic rings. The molecular weight excluding hydrogens is 468 g/mol. The summed E-state index contributed by atoms with van der Waals surface area (Å²) in [4.78, 5) is 28.9. The van der Waals surface area contributed by atoms with Gasteiger partial charge in [0.25, 0.3) is 0 Å². The second kappa shape index (κ2) is 8.80. The van der Waals surface area contributed by atoms with Crippen molar-refractivity contribution < 1.29 is 19.1 Å². The van der Waals surface area contributed by atoms with E-state index in [9.17, 15) is 14.7 Å². The second-order valence-corrected chi connectivity index (χ2v) is 14.9. The van der Waals surface area contributed by atoms with E-state index >= 15 is 0 Å². The molecule has 9 heteroatoms. The molecule has 0 aliphatic carbocycles. The molecule has 0 amide bonds. The quantitative estimate of drug-likeness (QED) is 0.534. The monoisotopic (exact) mass is 498 g/mol. The SMILES string of the molecule is COc1nc2c(cc1Br)c(=O)c(C(=O)O)cn2C(C)C(C)CO[Si](C)(C)C(C)(C)C. The minimum Gasteiger partial charge on any atom is -0.480 e. The summed E-state index contributed by atoms with van der Waals surface area (Å²) in [7, 11) is -0.431. The van der Waals surface area contributed by atoms with Crippen LogP contribution >= 0.6 is 15.9 Å². The first kappa shape index (κ1) is 24.6. The molecule has 0 fully saturated rings. The number of methoxy groups -OCH3 is 1. The molecule has 1 N–H and O–H groups in total. The minimum absolute atomic E-state index is 0.0583. The summed E-state index contributed by atoms with van der Waals surface area (Å²) >= 11 is 3.33. The number of hydrogen-bond donors (Lipinski definition) is 1. The lowest BCUT2D eigenvalue weighted by Crippen LogP contribution is -2.42. The molecule has 0 aromatic carbocycles. The topological polar surface area (TPSA) is 90.6 Å². The molecule has 0 spiro atoms. The normalized spacial score (nSPS) is 14.6. The van der Waals surface area contributed by atoms with Gasteiger partial charge in [-0.15, -0.1) is 0 Å². The molecule has 2 unspecified atom stereocenters. The summed E-state index contributed by atoms with van der Waals surface area (Å²) in [6, 6.07) is 1.41. The van der Waals surface area contributed by atoms with E-state index in [1.165, 1.54) is 13.3 Å². The smallest absolute Gasteiger partial charge is 0.341 e. The number of pyridine rings is 2. The van der Waals surface area contributed by atoms with E-state index in [1.54, 1.807) is 10.6 Å². The largest absolute Gasteiger partial charge is 0.480 e. The van der Waals surface area contributed by atoms with Crippen molar-refractivity contribution in [1.82, 2.24) is 9.55 Å². The van der Waals surface area contributed by atoms with Gasteiger partial charge in [0.15, 0.2) is 8.32 Å². The highest BCUT2D eigenvalue weighted by molar-refractivity contribution is 9.10. The molecule has 0 bridgehead atoms. The maximum absolute atomic E-state index is 12.7. The van der Waals surface area contributed by atoms with Crippen LogP contribution in [-0.2, 0) is 4.43 Å². The number of hydrogen-bond acceptors (Lipinski definition) is 5. The molecular formula is C21H31BrN2O5Si. The molecule has 2 atom stereocenters. The highest BCUT2D eigenvalue weighted by Gasteiger charge is 2.37. The van der Waals surface area contributed by atoms with Crippen molar-refractivity contribution in [2.24, 2.45) is 5.92 Å². The molecule has 7 nitrogen and oxygen atoms in total. The fourth-order valence-corrected chi connectivity index (χ4v) is 4.40. The Morgan fingerprint density at radius 2 is 1.93 bits per heavy atom. The zero-order valence-corrected chi connectivity index (χ0v) is 21.5. The molecule has 2 heterocycles. The van der Waals surface area contributed by atoms with Crippen LogP contribution in [0.5, 0.6) is 5.88 Å². The van der Waals surface area contributed by atoms with E-state index in [1.807, 2.05) is 6.92 Å². The molecule has 0 saturated carbocycles. The Kier molecular flexibility index (Phi) is 7.20. The maximum Gasteiger partial charge on any atom is 0.341 e. The van der Waals surface area contributed by atoms with Crippen LogP contribution in [0.1, 0.15) is 51.0 Å². The average molecular weight is 499 g/mol. The predicted octanol–water partition coefficient (Wildman–Crippen LogP) is 5.08. The third kappa shape index (κ3) is 4.78. The molecule has 0 aliphatic rings. The molecule has 0 saturated heterocycles. The van der Waals surface area contributed by atoms with Crippen LogP contribution in [0.3, 0.4) is 0 Å². The van der Waals surface area contributed by atoms with Crippen LogP contribution in [0.4, 0.5) is 0 Å². The van der Waals surface area contributed by atoms with Gasteiger partial charge in [0, 0.05) is 18.8 Å². The van der Waals surface area contributed by atoms with Crippen molar-refractivity contribution in [3.05, 3.63) is 32.5 Å². The molecule has 166 valence electrons. The molecule has 2 rings (SSSR count). The third-order valence-corrected chi connectivity index (χ3v) is 11.2. The summed E-state index contributed by atoms with van der Waals surface area (Å²) in [5.74, 6) is -0.876. The first-order chi connectivity index (χ1) is 13.7. The lowest BCUT2D eigenvalue weighted by Gasteiger charge is -2.37. The molecule has 0 radical (unpaired) electrons. The lowest BCUT2D eigenvalue weighted by molar-refractivity contribution is 0.0694. The van der Waals surface area contributed by atoms with Crippen LogP contribution in [0.25, 0.3) is 11.0 Å². The Hall–Kier alpha value is -1.71. The van der Waals surface area contributed by atoms with Gasteiger partial charge in [0.05, 0.1) is 17.0 Å². The Labute approximate surface area is 186 Å². The maximum atomic E-state index is 12.7. The van der Waals surface area contributed by atoms with Gasteiger partial charge in [-0.05, 0) is 53.0 Å². The van der Waals surface area contributed by atoms with E-state index < -0.39 is 19.7 Å². The van der Waals surface area contributed by atoms with E-state index in [-0.39, 0.29) is 27.9 Å². The molecule has 2 aromatic heterocycles. The summed E-state index contributed by atoms with van der Waals surface area (Å²) in [6.07, 6.45) is 1.38. The average Bonchev–Trinajstić information content (AvgIpc) is 2.64. The Morgan fingerprint density at radius 3 is 2.43 bits per heavy atom. The summed E-state index contributed by atoms with van der Waals surface area (Å²) in [5.41, 5.74) is -0.468. The zero-order chi connectivity index (χ0) is 23.0. The second-order valence-electron chi connectivity index (χ2n) is 9.22. The number of aromatic carboxylic acids is 1. The van der Waals surface area contributed by atoms with E-state index in [2.05, 4.69) is 61.7 Å². The standard InChI is InChI=1S/C21H31BrN2O5Si/c1-12(11-29-30(7,8)21(3,4)5)13(2)24-10-15(20(26)27)17(25)14-9-16(22)19(28-6)23-18(14)24/h9-10,12-13H,11H2,1-8H3,(H,26,27). The minimum atomic E-state index is -1.92. The van der Waals surface area contributed by atoms with Crippen LogP contribution in [0.2, 0.25) is 18.1 Å². The van der Waals surface area contributed by atoms with Gasteiger partial charge in [-0.25, -0.2) is 4.79 Å². The van der Waals surface area contributed by atoms with Crippen molar-refractivity contribution in [2.75, 3.05) is 13.7 Å². The van der Waals surface area contributed by atoms with Gasteiger partial charge < -0.3 is 18.8 Å². The first-order valence-electron chi connectivity index (χ1n) is 9.88. The van der Waals surface area contributed by atoms with Gasteiger partial charge in [0.2, 0.25) is 11.3 Å². The van der Waals surface area contributed by atoms with Crippen molar-refractivity contribution in [2.45, 2.75) is 58.8 Å².